The summed E-state index contributed by atoms with van der Waals surface area (Å²) in [6, 6.07) is 11.2. The Bertz CT molecular complexity index is 818. The van der Waals surface area contributed by atoms with Gasteiger partial charge in [-0.15, -0.1) is 0 Å². The molecular weight excluding hydrogens is 359 g/mol. The van der Waals surface area contributed by atoms with Gasteiger partial charge in [0, 0.05) is 6.92 Å². The molecule has 0 aliphatic rings. The van der Waals surface area contributed by atoms with Crippen molar-refractivity contribution in [2.24, 2.45) is 5.84 Å². The van der Waals surface area contributed by atoms with Gasteiger partial charge >= 0.3 is 6.18 Å². The lowest BCUT2D eigenvalue weighted by atomic mass is 9.97. The van der Waals surface area contributed by atoms with E-state index in [9.17, 15) is 22.8 Å². The summed E-state index contributed by atoms with van der Waals surface area (Å²) in [6.07, 6.45) is -3.90. The van der Waals surface area contributed by atoms with Crippen LogP contribution in [0.25, 0.3) is 0 Å². The van der Waals surface area contributed by atoms with E-state index in [1.54, 1.807) is 24.3 Å². The molecule has 0 aliphatic carbocycles. The van der Waals surface area contributed by atoms with E-state index in [4.69, 9.17) is 5.84 Å². The van der Waals surface area contributed by atoms with Gasteiger partial charge in [0.2, 0.25) is 11.8 Å². The molecule has 0 heterocycles. The fraction of sp³-hybridized carbons (Fsp3) is 0.263. The minimum absolute atomic E-state index is 0.111. The normalized spacial score (nSPS) is 11.1. The van der Waals surface area contributed by atoms with E-state index >= 15 is 0 Å². The van der Waals surface area contributed by atoms with E-state index in [1.165, 1.54) is 25.1 Å². The Morgan fingerprint density at radius 3 is 2.19 bits per heavy atom. The van der Waals surface area contributed by atoms with Gasteiger partial charge in [0.15, 0.2) is 0 Å². The minimum atomic E-state index is -4.58. The van der Waals surface area contributed by atoms with Crippen LogP contribution < -0.4 is 16.6 Å². The van der Waals surface area contributed by atoms with Crippen molar-refractivity contribution in [1.29, 1.82) is 0 Å². The van der Waals surface area contributed by atoms with Crippen LogP contribution in [0.5, 0.6) is 0 Å². The number of hydrogen-bond donors (Lipinski definition) is 3. The molecule has 8 heteroatoms. The van der Waals surface area contributed by atoms with Gasteiger partial charge in [0.25, 0.3) is 0 Å². The molecule has 2 aromatic rings. The molecule has 0 aliphatic heterocycles. The average Bonchev–Trinajstić information content (AvgIpc) is 2.59. The number of nitrogens with two attached hydrogens (primary N) is 1. The Morgan fingerprint density at radius 1 is 1.00 bits per heavy atom. The summed E-state index contributed by atoms with van der Waals surface area (Å²) < 4.78 is 40.5. The van der Waals surface area contributed by atoms with Crippen molar-refractivity contribution in [2.75, 3.05) is 5.32 Å². The van der Waals surface area contributed by atoms with Crippen LogP contribution in [-0.4, -0.2) is 11.8 Å². The standard InChI is InChI=1S/C19H20F3N3O2/c1-12(26)24-16-4-2-3-15(18(16)19(20,21)22)10-9-13-5-7-14(8-6-13)11-17(27)25-23/h2-8H,9-11,23H2,1H3,(H,24,26)(H,25,27). The van der Waals surface area contributed by atoms with E-state index < -0.39 is 17.6 Å². The van der Waals surface area contributed by atoms with E-state index in [1.807, 2.05) is 5.43 Å². The van der Waals surface area contributed by atoms with Crippen molar-refractivity contribution < 1.29 is 22.8 Å². The van der Waals surface area contributed by atoms with Gasteiger partial charge in [-0.3, -0.25) is 15.0 Å². The zero-order valence-electron chi connectivity index (χ0n) is 14.7. The first-order chi connectivity index (χ1) is 12.7. The second-order valence-electron chi connectivity index (χ2n) is 6.08. The van der Waals surface area contributed by atoms with Crippen LogP contribution in [0.4, 0.5) is 18.9 Å². The van der Waals surface area contributed by atoms with Gasteiger partial charge in [0.05, 0.1) is 17.7 Å². The number of anilines is 1. The predicted octanol–water partition coefficient (Wildman–Crippen LogP) is 2.98. The van der Waals surface area contributed by atoms with Crippen molar-refractivity contribution in [3.63, 3.8) is 0 Å². The highest BCUT2D eigenvalue weighted by Crippen LogP contribution is 2.38. The first-order valence-corrected chi connectivity index (χ1v) is 8.24. The molecule has 2 aromatic carbocycles. The number of carbonyl (C=O) groups excluding carboxylic acids is 2. The molecule has 0 aromatic heterocycles. The number of alkyl halides is 3. The molecule has 0 unspecified atom stereocenters. The fourth-order valence-electron chi connectivity index (χ4n) is 2.78. The third-order valence-electron chi connectivity index (χ3n) is 3.98. The summed E-state index contributed by atoms with van der Waals surface area (Å²) in [5.41, 5.74) is 2.68. The number of benzene rings is 2. The lowest BCUT2D eigenvalue weighted by Gasteiger charge is -2.17. The van der Waals surface area contributed by atoms with E-state index in [0.717, 1.165) is 11.1 Å². The molecule has 27 heavy (non-hydrogen) atoms. The number of hydrazine groups is 1. The number of hydrogen-bond acceptors (Lipinski definition) is 3. The number of carbonyl (C=O) groups is 2. The summed E-state index contributed by atoms with van der Waals surface area (Å²) in [7, 11) is 0. The second kappa shape index (κ2) is 8.68. The van der Waals surface area contributed by atoms with Crippen molar-refractivity contribution in [3.8, 4) is 0 Å². The molecule has 0 saturated carbocycles. The third-order valence-corrected chi connectivity index (χ3v) is 3.98. The molecule has 0 radical (unpaired) electrons. The topological polar surface area (TPSA) is 84.2 Å². The van der Waals surface area contributed by atoms with Gasteiger partial charge in [0.1, 0.15) is 0 Å². The molecule has 2 rings (SSSR count). The van der Waals surface area contributed by atoms with Crippen LogP contribution in [0, 0.1) is 0 Å². The Balaban J connectivity index is 2.17. The van der Waals surface area contributed by atoms with Gasteiger partial charge < -0.3 is 5.32 Å². The van der Waals surface area contributed by atoms with Gasteiger partial charge in [-0.1, -0.05) is 36.4 Å². The van der Waals surface area contributed by atoms with Crippen LogP contribution in [0.3, 0.4) is 0 Å². The molecule has 4 N–H and O–H groups in total. The van der Waals surface area contributed by atoms with Crippen molar-refractivity contribution in [1.82, 2.24) is 5.43 Å². The maximum atomic E-state index is 13.5. The molecular formula is C19H20F3N3O2. The van der Waals surface area contributed by atoms with E-state index in [2.05, 4.69) is 5.32 Å². The summed E-state index contributed by atoms with van der Waals surface area (Å²) in [5, 5.41) is 2.24. The number of nitrogens with one attached hydrogen (secondary N) is 2. The number of aryl methyl sites for hydroxylation is 2. The largest absolute Gasteiger partial charge is 0.418 e. The predicted molar refractivity (Wildman–Crippen MR) is 95.6 cm³/mol. The molecule has 2 amide bonds. The highest BCUT2D eigenvalue weighted by molar-refractivity contribution is 5.90. The van der Waals surface area contributed by atoms with Crippen LogP contribution >= 0.6 is 0 Å². The fourth-order valence-corrected chi connectivity index (χ4v) is 2.78. The Labute approximate surface area is 154 Å². The maximum absolute atomic E-state index is 13.5. The highest BCUT2D eigenvalue weighted by atomic mass is 19.4. The molecule has 5 nitrogen and oxygen atoms in total. The van der Waals surface area contributed by atoms with Crippen LogP contribution in [0.15, 0.2) is 42.5 Å². The summed E-state index contributed by atoms with van der Waals surface area (Å²) in [6.45, 7) is 1.17. The smallest absolute Gasteiger partial charge is 0.326 e. The van der Waals surface area contributed by atoms with Gasteiger partial charge in [-0.25, -0.2) is 5.84 Å². The molecule has 0 bridgehead atoms. The molecule has 0 atom stereocenters. The van der Waals surface area contributed by atoms with Gasteiger partial charge in [-0.05, 0) is 35.6 Å². The number of halogens is 3. The first kappa shape index (κ1) is 20.4. The molecule has 0 saturated heterocycles. The molecule has 144 valence electrons. The van der Waals surface area contributed by atoms with Crippen LogP contribution in [-0.2, 0) is 35.0 Å². The lowest BCUT2D eigenvalue weighted by molar-refractivity contribution is -0.137. The summed E-state index contributed by atoms with van der Waals surface area (Å²) >= 11 is 0. The molecule has 0 fully saturated rings. The first-order valence-electron chi connectivity index (χ1n) is 8.24. The zero-order chi connectivity index (χ0) is 20.0. The Morgan fingerprint density at radius 2 is 1.63 bits per heavy atom. The maximum Gasteiger partial charge on any atom is 0.418 e. The van der Waals surface area contributed by atoms with Crippen molar-refractivity contribution >= 4 is 17.5 Å². The third kappa shape index (κ3) is 5.82. The van der Waals surface area contributed by atoms with Crippen LogP contribution in [0.1, 0.15) is 29.2 Å². The summed E-state index contributed by atoms with van der Waals surface area (Å²) in [4.78, 5) is 22.4. The van der Waals surface area contributed by atoms with Crippen molar-refractivity contribution in [3.05, 3.63) is 64.7 Å². The lowest BCUT2D eigenvalue weighted by Crippen LogP contribution is -2.31. The average molecular weight is 379 g/mol. The monoisotopic (exact) mass is 379 g/mol. The highest BCUT2D eigenvalue weighted by Gasteiger charge is 2.36. The Kier molecular flexibility index (Phi) is 6.57. The van der Waals surface area contributed by atoms with E-state index in [-0.39, 0.29) is 30.0 Å². The van der Waals surface area contributed by atoms with Crippen LogP contribution in [0.2, 0.25) is 0 Å². The number of amides is 2. The van der Waals surface area contributed by atoms with Crippen molar-refractivity contribution in [2.45, 2.75) is 32.4 Å². The van der Waals surface area contributed by atoms with Gasteiger partial charge in [-0.2, -0.15) is 13.2 Å². The Hall–Kier alpha value is -2.87. The summed E-state index contributed by atoms with van der Waals surface area (Å²) in [5.74, 6) is 4.15. The number of rotatable bonds is 6. The quantitative estimate of drug-likeness (QED) is 0.410. The second-order valence-corrected chi connectivity index (χ2v) is 6.08. The minimum Gasteiger partial charge on any atom is -0.326 e. The molecule has 0 spiro atoms. The SMILES string of the molecule is CC(=O)Nc1cccc(CCc2ccc(CC(=O)NN)cc2)c1C(F)(F)F. The zero-order valence-corrected chi connectivity index (χ0v) is 14.7. The van der Waals surface area contributed by atoms with E-state index in [0.29, 0.717) is 6.42 Å².